The molecule has 1 aliphatic heterocycles. The molecule has 0 unspecified atom stereocenters. The predicted molar refractivity (Wildman–Crippen MR) is 127 cm³/mol. The molecule has 0 radical (unpaired) electrons. The van der Waals surface area contributed by atoms with Gasteiger partial charge in [-0.1, -0.05) is 32.4 Å². The Kier molecular flexibility index (Phi) is 5.41. The number of carbonyl (C=O) groups is 2. The molecule has 0 fully saturated rings. The first-order chi connectivity index (χ1) is 15.0. The van der Waals surface area contributed by atoms with Crippen molar-refractivity contribution in [2.75, 3.05) is 10.2 Å². The van der Waals surface area contributed by atoms with Gasteiger partial charge in [0.25, 0.3) is 0 Å². The minimum Gasteiger partial charge on any atom is -0.464 e. The first-order valence-electron chi connectivity index (χ1n) is 10.6. The van der Waals surface area contributed by atoms with Crippen molar-refractivity contribution in [2.45, 2.75) is 58.5 Å². The molecule has 2 atom stereocenters. The number of rotatable bonds is 2. The van der Waals surface area contributed by atoms with Crippen molar-refractivity contribution in [1.29, 1.82) is 0 Å². The van der Waals surface area contributed by atoms with Crippen molar-refractivity contribution in [3.05, 3.63) is 52.8 Å². The summed E-state index contributed by atoms with van der Waals surface area (Å²) in [6, 6.07) is 10.8. The lowest BCUT2D eigenvalue weighted by Crippen LogP contribution is -2.43. The van der Waals surface area contributed by atoms with E-state index < -0.39 is 11.5 Å². The van der Waals surface area contributed by atoms with Crippen LogP contribution in [0, 0.1) is 0 Å². The smallest absolute Gasteiger partial charge is 0.417 e. The van der Waals surface area contributed by atoms with E-state index in [1.54, 1.807) is 17.9 Å². The maximum atomic E-state index is 12.5. The molecule has 168 valence electrons. The summed E-state index contributed by atoms with van der Waals surface area (Å²) in [7, 11) is 0. The lowest BCUT2D eigenvalue weighted by atomic mass is 9.90. The van der Waals surface area contributed by atoms with Gasteiger partial charge in [0.15, 0.2) is 0 Å². The van der Waals surface area contributed by atoms with Crippen LogP contribution in [0.25, 0.3) is 11.0 Å². The highest BCUT2D eigenvalue weighted by Gasteiger charge is 2.36. The fourth-order valence-electron chi connectivity index (χ4n) is 4.56. The first-order valence-corrected chi connectivity index (χ1v) is 11.0. The number of amides is 1. The number of fused-ring (bicyclic) bond motifs is 3. The molecule has 32 heavy (non-hydrogen) atoms. The molecule has 2 heterocycles. The summed E-state index contributed by atoms with van der Waals surface area (Å²) in [5.41, 5.74) is 3.11. The lowest BCUT2D eigenvalue weighted by Gasteiger charge is -2.39. The average Bonchev–Trinajstić information content (AvgIpc) is 3.09. The molecule has 8 heteroatoms. The molecule has 0 saturated carbocycles. The van der Waals surface area contributed by atoms with E-state index in [1.807, 2.05) is 58.0 Å². The number of hydrogen-bond acceptors (Lipinski definition) is 4. The standard InChI is InChI=1S/C24H27ClN4O3/c1-13-12-17(26-16-8-6-15(25)7-9-16)20-18(28(13)14(2)30)10-11-19-21(20)27-22(24(3,4)5)29(19)23(31)32/h6-11,13,17,26H,12H2,1-5H3,(H,31,32)/t13-,17+/m0/s1. The van der Waals surface area contributed by atoms with Crippen molar-refractivity contribution in [3.8, 4) is 0 Å². The van der Waals surface area contributed by atoms with Gasteiger partial charge in [-0.25, -0.2) is 14.3 Å². The molecular weight excluding hydrogens is 428 g/mol. The zero-order chi connectivity index (χ0) is 23.4. The van der Waals surface area contributed by atoms with Crippen molar-refractivity contribution in [2.24, 2.45) is 0 Å². The second-order valence-electron chi connectivity index (χ2n) is 9.35. The fourth-order valence-corrected chi connectivity index (χ4v) is 4.69. The van der Waals surface area contributed by atoms with E-state index in [2.05, 4.69) is 5.32 Å². The monoisotopic (exact) mass is 454 g/mol. The van der Waals surface area contributed by atoms with E-state index in [1.165, 1.54) is 4.57 Å². The van der Waals surface area contributed by atoms with Gasteiger partial charge in [-0.3, -0.25) is 4.79 Å². The highest BCUT2D eigenvalue weighted by molar-refractivity contribution is 6.30. The zero-order valence-electron chi connectivity index (χ0n) is 18.8. The van der Waals surface area contributed by atoms with Gasteiger partial charge in [0.2, 0.25) is 5.91 Å². The molecule has 7 nitrogen and oxygen atoms in total. The summed E-state index contributed by atoms with van der Waals surface area (Å²) in [4.78, 5) is 31.3. The van der Waals surface area contributed by atoms with Crippen LogP contribution in [0.15, 0.2) is 36.4 Å². The van der Waals surface area contributed by atoms with Gasteiger partial charge in [0, 0.05) is 34.7 Å². The minimum atomic E-state index is -1.08. The van der Waals surface area contributed by atoms with Gasteiger partial charge in [-0.05, 0) is 49.7 Å². The molecule has 1 aromatic heterocycles. The second kappa shape index (κ2) is 7.81. The topological polar surface area (TPSA) is 87.5 Å². The summed E-state index contributed by atoms with van der Waals surface area (Å²) >= 11 is 6.04. The number of anilines is 2. The predicted octanol–water partition coefficient (Wildman–Crippen LogP) is 5.81. The van der Waals surface area contributed by atoms with Gasteiger partial charge in [0.1, 0.15) is 5.82 Å². The minimum absolute atomic E-state index is 0.0362. The molecule has 4 rings (SSSR count). The number of halogens is 1. The Labute approximate surface area is 192 Å². The maximum absolute atomic E-state index is 12.5. The maximum Gasteiger partial charge on any atom is 0.417 e. The quantitative estimate of drug-likeness (QED) is 0.510. The van der Waals surface area contributed by atoms with Crippen LogP contribution in [0.3, 0.4) is 0 Å². The summed E-state index contributed by atoms with van der Waals surface area (Å²) < 4.78 is 1.26. The molecule has 3 aromatic rings. The van der Waals surface area contributed by atoms with E-state index in [0.717, 1.165) is 16.9 Å². The third-order valence-electron chi connectivity index (χ3n) is 5.86. The van der Waals surface area contributed by atoms with Crippen molar-refractivity contribution in [3.63, 3.8) is 0 Å². The second-order valence-corrected chi connectivity index (χ2v) is 9.78. The zero-order valence-corrected chi connectivity index (χ0v) is 19.6. The number of nitrogens with one attached hydrogen (secondary N) is 1. The highest BCUT2D eigenvalue weighted by Crippen LogP contribution is 2.43. The van der Waals surface area contributed by atoms with Crippen molar-refractivity contribution in [1.82, 2.24) is 9.55 Å². The number of hydrogen-bond donors (Lipinski definition) is 2. The van der Waals surface area contributed by atoms with E-state index in [-0.39, 0.29) is 18.0 Å². The van der Waals surface area contributed by atoms with Gasteiger partial charge in [-0.2, -0.15) is 0 Å². The summed E-state index contributed by atoms with van der Waals surface area (Å²) in [6.45, 7) is 9.38. The third-order valence-corrected chi connectivity index (χ3v) is 6.11. The number of carboxylic acid groups (broad SMARTS) is 1. The molecule has 0 saturated heterocycles. The highest BCUT2D eigenvalue weighted by atomic mass is 35.5. The van der Waals surface area contributed by atoms with E-state index in [4.69, 9.17) is 16.6 Å². The van der Waals surface area contributed by atoms with Crippen LogP contribution in [0.5, 0.6) is 0 Å². The van der Waals surface area contributed by atoms with Crippen LogP contribution in [0.1, 0.15) is 58.5 Å². The van der Waals surface area contributed by atoms with Gasteiger partial charge in [-0.15, -0.1) is 0 Å². The third kappa shape index (κ3) is 3.71. The number of imidazole rings is 1. The molecule has 2 aromatic carbocycles. The molecule has 2 N–H and O–H groups in total. The Hall–Kier alpha value is -3.06. The van der Waals surface area contributed by atoms with Crippen molar-refractivity contribution >= 4 is 46.0 Å². The Morgan fingerprint density at radius 1 is 1.16 bits per heavy atom. The van der Waals surface area contributed by atoms with Crippen LogP contribution in [-0.4, -0.2) is 32.7 Å². The average molecular weight is 455 g/mol. The molecule has 0 bridgehead atoms. The summed E-state index contributed by atoms with van der Waals surface area (Å²) in [6.07, 6.45) is -0.425. The normalized spacial score (nSPS) is 18.5. The van der Waals surface area contributed by atoms with E-state index in [9.17, 15) is 14.7 Å². The largest absolute Gasteiger partial charge is 0.464 e. The molecule has 0 aliphatic carbocycles. The fraction of sp³-hybridized carbons (Fsp3) is 0.375. The number of carbonyl (C=O) groups excluding carboxylic acids is 1. The Morgan fingerprint density at radius 3 is 2.38 bits per heavy atom. The van der Waals surface area contributed by atoms with Gasteiger partial charge >= 0.3 is 6.09 Å². The van der Waals surface area contributed by atoms with E-state index >= 15 is 0 Å². The van der Waals surface area contributed by atoms with Crippen LogP contribution in [-0.2, 0) is 10.2 Å². The lowest BCUT2D eigenvalue weighted by molar-refractivity contribution is -0.117. The summed E-state index contributed by atoms with van der Waals surface area (Å²) in [5.74, 6) is 0.406. The number of aromatic nitrogens is 2. The van der Waals surface area contributed by atoms with Crippen LogP contribution >= 0.6 is 11.6 Å². The Bertz CT molecular complexity index is 1210. The van der Waals surface area contributed by atoms with Crippen LogP contribution in [0.2, 0.25) is 5.02 Å². The first kappa shape index (κ1) is 22.1. The van der Waals surface area contributed by atoms with Crippen LogP contribution < -0.4 is 10.2 Å². The SMILES string of the molecule is CC(=O)N1c2ccc3c(nc(C(C)(C)C)n3C(=O)O)c2[C@H](Nc2ccc(Cl)cc2)C[C@@H]1C. The molecular formula is C24H27ClN4O3. The molecule has 0 spiro atoms. The van der Waals surface area contributed by atoms with Gasteiger partial charge < -0.3 is 15.3 Å². The van der Waals surface area contributed by atoms with Gasteiger partial charge in [0.05, 0.1) is 22.8 Å². The number of nitrogens with zero attached hydrogens (tertiary/aromatic N) is 3. The van der Waals surface area contributed by atoms with E-state index in [0.29, 0.717) is 28.3 Å². The van der Waals surface area contributed by atoms with Crippen LogP contribution in [0.4, 0.5) is 16.2 Å². The van der Waals surface area contributed by atoms with Crippen molar-refractivity contribution < 1.29 is 14.7 Å². The molecule has 1 aliphatic rings. The Morgan fingerprint density at radius 2 is 1.81 bits per heavy atom. The summed E-state index contributed by atoms with van der Waals surface area (Å²) in [5, 5.41) is 14.2. The Balaban J connectivity index is 1.98. The number of benzene rings is 2. The molecule has 1 amide bonds.